The van der Waals surface area contributed by atoms with Crippen LogP contribution in [0.3, 0.4) is 0 Å². The lowest BCUT2D eigenvalue weighted by Crippen LogP contribution is -2.26. The largest absolute Gasteiger partial charge is 0.458 e. The third-order valence-electron chi connectivity index (χ3n) is 3.04. The van der Waals surface area contributed by atoms with Gasteiger partial charge < -0.3 is 4.74 Å². The summed E-state index contributed by atoms with van der Waals surface area (Å²) < 4.78 is 4.64. The van der Waals surface area contributed by atoms with Gasteiger partial charge in [0.2, 0.25) is 0 Å². The van der Waals surface area contributed by atoms with Gasteiger partial charge in [0.05, 0.1) is 0 Å². The lowest BCUT2D eigenvalue weighted by molar-refractivity contribution is -0.145. The second kappa shape index (κ2) is 6.24. The Bertz CT molecular complexity index is 257. The summed E-state index contributed by atoms with van der Waals surface area (Å²) in [5.41, 5.74) is 0. The van der Waals surface area contributed by atoms with E-state index >= 15 is 0 Å². The lowest BCUT2D eigenvalue weighted by Gasteiger charge is -2.30. The van der Waals surface area contributed by atoms with Gasteiger partial charge in [-0.2, -0.15) is 0 Å². The van der Waals surface area contributed by atoms with Crippen LogP contribution >= 0.6 is 11.6 Å². The Kier molecular flexibility index (Phi) is 5.26. The van der Waals surface area contributed by atoms with Crippen molar-refractivity contribution in [2.45, 2.75) is 56.7 Å². The van der Waals surface area contributed by atoms with Crippen molar-refractivity contribution in [3.8, 4) is 0 Å². The van der Waals surface area contributed by atoms with E-state index < -0.39 is 5.97 Å². The SMILES string of the molecule is CC(=O)OCC(=O)CCC1(Cl)CCCCC1. The molecule has 1 aliphatic rings. The van der Waals surface area contributed by atoms with Crippen LogP contribution in [0.5, 0.6) is 0 Å². The van der Waals surface area contributed by atoms with Crippen molar-refractivity contribution in [2.24, 2.45) is 0 Å². The Morgan fingerprint density at radius 1 is 1.25 bits per heavy atom. The Morgan fingerprint density at radius 2 is 1.88 bits per heavy atom. The van der Waals surface area contributed by atoms with Crippen LogP contribution in [0.4, 0.5) is 0 Å². The normalized spacial score (nSPS) is 19.1. The van der Waals surface area contributed by atoms with Crippen LogP contribution in [0.25, 0.3) is 0 Å². The van der Waals surface area contributed by atoms with E-state index in [1.807, 2.05) is 0 Å². The summed E-state index contributed by atoms with van der Waals surface area (Å²) in [6, 6.07) is 0. The highest BCUT2D eigenvalue weighted by Crippen LogP contribution is 2.37. The predicted octanol–water partition coefficient (Wildman–Crippen LogP) is 2.84. The van der Waals surface area contributed by atoms with E-state index in [9.17, 15) is 9.59 Å². The highest BCUT2D eigenvalue weighted by Gasteiger charge is 2.29. The first-order valence-electron chi connectivity index (χ1n) is 5.86. The minimum Gasteiger partial charge on any atom is -0.458 e. The van der Waals surface area contributed by atoms with Gasteiger partial charge in [0.15, 0.2) is 5.78 Å². The summed E-state index contributed by atoms with van der Waals surface area (Å²) in [5.74, 6) is -0.451. The van der Waals surface area contributed by atoms with E-state index in [1.165, 1.54) is 13.3 Å². The molecule has 4 heteroatoms. The number of hydrogen-bond donors (Lipinski definition) is 0. The van der Waals surface area contributed by atoms with E-state index in [0.717, 1.165) is 25.7 Å². The van der Waals surface area contributed by atoms with Crippen LogP contribution < -0.4 is 0 Å². The molecule has 0 amide bonds. The predicted molar refractivity (Wildman–Crippen MR) is 62.5 cm³/mol. The summed E-state index contributed by atoms with van der Waals surface area (Å²) in [4.78, 5) is 21.7. The summed E-state index contributed by atoms with van der Waals surface area (Å²) >= 11 is 6.42. The molecule has 0 aliphatic heterocycles. The number of Topliss-reactive ketones (excluding diaryl/α,β-unsaturated/α-hetero) is 1. The first-order valence-corrected chi connectivity index (χ1v) is 6.24. The fourth-order valence-corrected chi connectivity index (χ4v) is 2.41. The van der Waals surface area contributed by atoms with Crippen LogP contribution in [0.2, 0.25) is 0 Å². The molecule has 0 radical (unpaired) electrons. The van der Waals surface area contributed by atoms with E-state index in [-0.39, 0.29) is 17.3 Å². The number of alkyl halides is 1. The van der Waals surface area contributed by atoms with Gasteiger partial charge in [-0.05, 0) is 19.3 Å². The van der Waals surface area contributed by atoms with Crippen LogP contribution in [-0.4, -0.2) is 23.2 Å². The number of ether oxygens (including phenoxy) is 1. The summed E-state index contributed by atoms with van der Waals surface area (Å²) in [5, 5.41) is 0. The highest BCUT2D eigenvalue weighted by molar-refractivity contribution is 6.24. The average Bonchev–Trinajstić information content (AvgIpc) is 2.25. The van der Waals surface area contributed by atoms with Crippen molar-refractivity contribution in [3.63, 3.8) is 0 Å². The Labute approximate surface area is 101 Å². The molecule has 0 saturated heterocycles. The van der Waals surface area contributed by atoms with Crippen molar-refractivity contribution in [2.75, 3.05) is 6.61 Å². The van der Waals surface area contributed by atoms with E-state index in [4.69, 9.17) is 11.6 Å². The molecule has 0 aromatic carbocycles. The first kappa shape index (κ1) is 13.5. The molecular formula is C12H19ClO3. The summed E-state index contributed by atoms with van der Waals surface area (Å²) in [6.45, 7) is 1.19. The fraction of sp³-hybridized carbons (Fsp3) is 0.833. The van der Waals surface area contributed by atoms with Crippen LogP contribution in [0.1, 0.15) is 51.9 Å². The minimum atomic E-state index is -0.411. The monoisotopic (exact) mass is 246 g/mol. The van der Waals surface area contributed by atoms with Gasteiger partial charge in [-0.25, -0.2) is 0 Å². The third-order valence-corrected chi connectivity index (χ3v) is 3.60. The highest BCUT2D eigenvalue weighted by atomic mass is 35.5. The maximum atomic E-state index is 11.4. The number of esters is 1. The molecule has 0 atom stereocenters. The lowest BCUT2D eigenvalue weighted by atomic mass is 9.85. The Morgan fingerprint density at radius 3 is 2.44 bits per heavy atom. The second-order valence-corrected chi connectivity index (χ2v) is 5.33. The topological polar surface area (TPSA) is 43.4 Å². The number of ketones is 1. The zero-order valence-electron chi connectivity index (χ0n) is 9.76. The summed E-state index contributed by atoms with van der Waals surface area (Å²) in [6.07, 6.45) is 6.66. The molecule has 3 nitrogen and oxygen atoms in total. The molecule has 0 unspecified atom stereocenters. The summed E-state index contributed by atoms with van der Waals surface area (Å²) in [7, 11) is 0. The number of rotatable bonds is 5. The van der Waals surface area contributed by atoms with Gasteiger partial charge in [0, 0.05) is 18.2 Å². The van der Waals surface area contributed by atoms with Crippen molar-refractivity contribution >= 4 is 23.4 Å². The van der Waals surface area contributed by atoms with Gasteiger partial charge >= 0.3 is 5.97 Å². The van der Waals surface area contributed by atoms with Crippen LogP contribution in [-0.2, 0) is 14.3 Å². The Balaban J connectivity index is 2.22. The molecule has 92 valence electrons. The van der Waals surface area contributed by atoms with E-state index in [1.54, 1.807) is 0 Å². The molecular weight excluding hydrogens is 228 g/mol. The van der Waals surface area contributed by atoms with Crippen molar-refractivity contribution < 1.29 is 14.3 Å². The maximum Gasteiger partial charge on any atom is 0.303 e. The molecule has 1 saturated carbocycles. The van der Waals surface area contributed by atoms with Gasteiger partial charge in [-0.3, -0.25) is 9.59 Å². The average molecular weight is 247 g/mol. The standard InChI is InChI=1S/C12H19ClO3/c1-10(14)16-9-11(15)5-8-12(13)6-3-2-4-7-12/h2-9H2,1H3. The molecule has 0 heterocycles. The van der Waals surface area contributed by atoms with Crippen LogP contribution in [0, 0.1) is 0 Å². The first-order chi connectivity index (χ1) is 7.52. The van der Waals surface area contributed by atoms with Gasteiger partial charge in [0.1, 0.15) is 6.61 Å². The number of halogens is 1. The molecule has 0 aromatic rings. The van der Waals surface area contributed by atoms with Gasteiger partial charge in [0.25, 0.3) is 0 Å². The molecule has 1 rings (SSSR count). The molecule has 0 spiro atoms. The maximum absolute atomic E-state index is 11.4. The fourth-order valence-electron chi connectivity index (χ4n) is 2.05. The molecule has 16 heavy (non-hydrogen) atoms. The molecule has 1 fully saturated rings. The second-order valence-electron chi connectivity index (χ2n) is 4.53. The molecule has 0 aromatic heterocycles. The zero-order chi connectivity index (χ0) is 12.0. The van der Waals surface area contributed by atoms with Crippen molar-refractivity contribution in [1.82, 2.24) is 0 Å². The van der Waals surface area contributed by atoms with Gasteiger partial charge in [-0.1, -0.05) is 19.3 Å². The quantitative estimate of drug-likeness (QED) is 0.553. The minimum absolute atomic E-state index is 0.0409. The number of hydrogen-bond acceptors (Lipinski definition) is 3. The van der Waals surface area contributed by atoms with E-state index in [2.05, 4.69) is 4.74 Å². The zero-order valence-corrected chi connectivity index (χ0v) is 10.5. The number of carbonyl (C=O) groups is 2. The smallest absolute Gasteiger partial charge is 0.303 e. The number of carbonyl (C=O) groups excluding carboxylic acids is 2. The molecule has 1 aliphatic carbocycles. The third kappa shape index (κ3) is 4.97. The van der Waals surface area contributed by atoms with Gasteiger partial charge in [-0.15, -0.1) is 11.6 Å². The van der Waals surface area contributed by atoms with Crippen LogP contribution in [0.15, 0.2) is 0 Å². The molecule has 0 bridgehead atoms. The Hall–Kier alpha value is -0.570. The van der Waals surface area contributed by atoms with Crippen molar-refractivity contribution in [1.29, 1.82) is 0 Å². The molecule has 0 N–H and O–H groups in total. The van der Waals surface area contributed by atoms with E-state index in [0.29, 0.717) is 12.8 Å². The van der Waals surface area contributed by atoms with Crippen molar-refractivity contribution in [3.05, 3.63) is 0 Å².